The first-order valence-electron chi connectivity index (χ1n) is 9.21. The highest BCUT2D eigenvalue weighted by molar-refractivity contribution is 7.98. The summed E-state index contributed by atoms with van der Waals surface area (Å²) in [7, 11) is 0. The topological polar surface area (TPSA) is 19.0 Å². The minimum absolute atomic E-state index is 0.745. The number of aromatic amines is 1. The van der Waals surface area contributed by atoms with Crippen molar-refractivity contribution in [3.8, 4) is 0 Å². The van der Waals surface area contributed by atoms with E-state index >= 15 is 0 Å². The lowest BCUT2D eigenvalue weighted by Crippen LogP contribution is -2.56. The van der Waals surface area contributed by atoms with Gasteiger partial charge in [-0.3, -0.25) is 4.90 Å². The van der Waals surface area contributed by atoms with Gasteiger partial charge in [0.2, 0.25) is 0 Å². The van der Waals surface area contributed by atoms with Crippen molar-refractivity contribution in [3.05, 3.63) is 29.5 Å². The number of fused-ring (bicyclic) bond motifs is 4. The van der Waals surface area contributed by atoms with E-state index in [4.69, 9.17) is 0 Å². The molecule has 0 radical (unpaired) electrons. The van der Waals surface area contributed by atoms with E-state index in [-0.39, 0.29) is 0 Å². The molecule has 0 spiro atoms. The predicted molar refractivity (Wildman–Crippen MR) is 98.4 cm³/mol. The van der Waals surface area contributed by atoms with Crippen LogP contribution in [0.15, 0.2) is 23.1 Å². The van der Waals surface area contributed by atoms with Crippen LogP contribution >= 0.6 is 11.8 Å². The fraction of sp³-hybridized carbons (Fsp3) is 0.600. The zero-order chi connectivity index (χ0) is 15.6. The number of piperidine rings is 2. The van der Waals surface area contributed by atoms with E-state index in [0.29, 0.717) is 0 Å². The minimum atomic E-state index is 0.745. The molecule has 122 valence electrons. The van der Waals surface area contributed by atoms with Crippen LogP contribution in [0, 0.1) is 11.8 Å². The second-order valence-electron chi connectivity index (χ2n) is 7.78. The van der Waals surface area contributed by atoms with Crippen LogP contribution < -0.4 is 0 Å². The Morgan fingerprint density at radius 1 is 1.30 bits per heavy atom. The Balaban J connectivity index is 1.66. The molecule has 2 saturated heterocycles. The van der Waals surface area contributed by atoms with Crippen LogP contribution in [0.25, 0.3) is 10.9 Å². The Morgan fingerprint density at radius 3 is 3.04 bits per heavy atom. The lowest BCUT2D eigenvalue weighted by Gasteiger charge is -2.53. The molecule has 4 aliphatic rings. The first-order chi connectivity index (χ1) is 11.3. The molecular formula is C20H26N2S. The van der Waals surface area contributed by atoms with Gasteiger partial charge < -0.3 is 4.98 Å². The molecule has 2 aromatic rings. The molecule has 1 aliphatic carbocycles. The Kier molecular flexibility index (Phi) is 3.31. The summed E-state index contributed by atoms with van der Waals surface area (Å²) >= 11 is 1.85. The highest BCUT2D eigenvalue weighted by atomic mass is 32.2. The summed E-state index contributed by atoms with van der Waals surface area (Å²) in [5.74, 6) is 2.58. The summed E-state index contributed by atoms with van der Waals surface area (Å²) in [6.07, 6.45) is 7.63. The monoisotopic (exact) mass is 326 g/mol. The third kappa shape index (κ3) is 2.05. The average molecular weight is 327 g/mol. The van der Waals surface area contributed by atoms with Crippen LogP contribution in [0.5, 0.6) is 0 Å². The Bertz CT molecular complexity index is 749. The van der Waals surface area contributed by atoms with Crippen molar-refractivity contribution in [1.29, 1.82) is 0 Å². The van der Waals surface area contributed by atoms with Crippen molar-refractivity contribution in [2.75, 3.05) is 19.3 Å². The third-order valence-electron chi connectivity index (χ3n) is 6.72. The second-order valence-corrected chi connectivity index (χ2v) is 8.66. The molecule has 4 bridgehead atoms. The van der Waals surface area contributed by atoms with Crippen molar-refractivity contribution in [1.82, 2.24) is 9.88 Å². The summed E-state index contributed by atoms with van der Waals surface area (Å²) in [5, 5.41) is 1.49. The largest absolute Gasteiger partial charge is 0.358 e. The maximum Gasteiger partial charge on any atom is 0.0459 e. The minimum Gasteiger partial charge on any atom is -0.358 e. The molecule has 1 N–H and O–H groups in total. The number of thioether (sulfide) groups is 1. The maximum absolute atomic E-state index is 3.86. The van der Waals surface area contributed by atoms with Crippen LogP contribution in [-0.2, 0) is 6.42 Å². The summed E-state index contributed by atoms with van der Waals surface area (Å²) in [4.78, 5) is 8.09. The molecule has 23 heavy (non-hydrogen) atoms. The van der Waals surface area contributed by atoms with Gasteiger partial charge in [-0.2, -0.15) is 0 Å². The van der Waals surface area contributed by atoms with Crippen molar-refractivity contribution < 1.29 is 0 Å². The molecule has 1 aromatic carbocycles. The van der Waals surface area contributed by atoms with Crippen molar-refractivity contribution in [2.24, 2.45) is 11.8 Å². The average Bonchev–Trinajstić information content (AvgIpc) is 2.92. The smallest absolute Gasteiger partial charge is 0.0459 e. The van der Waals surface area contributed by atoms with Crippen molar-refractivity contribution >= 4 is 22.7 Å². The van der Waals surface area contributed by atoms with Gasteiger partial charge in [0.1, 0.15) is 0 Å². The molecule has 2 nitrogen and oxygen atoms in total. The molecule has 1 saturated carbocycles. The number of benzene rings is 1. The molecule has 2 unspecified atom stereocenters. The molecule has 3 heteroatoms. The number of nitrogens with one attached hydrogen (secondary N) is 1. The Labute approximate surface area is 143 Å². The van der Waals surface area contributed by atoms with Crippen molar-refractivity contribution in [2.45, 2.75) is 49.5 Å². The first kappa shape index (κ1) is 14.4. The van der Waals surface area contributed by atoms with E-state index in [9.17, 15) is 0 Å². The summed E-state index contributed by atoms with van der Waals surface area (Å²) < 4.78 is 0. The van der Waals surface area contributed by atoms with Crippen LogP contribution in [0.4, 0.5) is 0 Å². The van der Waals surface area contributed by atoms with Gasteiger partial charge in [0, 0.05) is 46.5 Å². The number of hydrogen-bond donors (Lipinski definition) is 1. The molecule has 0 amide bonds. The van der Waals surface area contributed by atoms with Crippen LogP contribution in [0.1, 0.15) is 43.4 Å². The van der Waals surface area contributed by atoms with Gasteiger partial charge in [-0.1, -0.05) is 13.3 Å². The molecule has 3 aliphatic heterocycles. The summed E-state index contributed by atoms with van der Waals surface area (Å²) in [5.41, 5.74) is 4.58. The van der Waals surface area contributed by atoms with Crippen molar-refractivity contribution in [3.63, 3.8) is 0 Å². The Morgan fingerprint density at radius 2 is 2.22 bits per heavy atom. The first-order valence-corrected chi connectivity index (χ1v) is 10.4. The molecule has 6 rings (SSSR count). The number of nitrogens with zero attached hydrogens (tertiary/aromatic N) is 1. The lowest BCUT2D eigenvalue weighted by atomic mass is 9.65. The van der Waals surface area contributed by atoms with Gasteiger partial charge in [0.25, 0.3) is 0 Å². The highest BCUT2D eigenvalue weighted by Crippen LogP contribution is 2.51. The Hall–Kier alpha value is -0.930. The van der Waals surface area contributed by atoms with Gasteiger partial charge in [-0.25, -0.2) is 0 Å². The summed E-state index contributed by atoms with van der Waals surface area (Å²) in [6, 6.07) is 7.76. The highest BCUT2D eigenvalue weighted by Gasteiger charge is 2.48. The molecule has 1 aromatic heterocycles. The number of aromatic nitrogens is 1. The van der Waals surface area contributed by atoms with Gasteiger partial charge in [-0.15, -0.1) is 11.8 Å². The van der Waals surface area contributed by atoms with E-state index < -0.39 is 0 Å². The van der Waals surface area contributed by atoms with E-state index in [0.717, 1.165) is 23.8 Å². The van der Waals surface area contributed by atoms with E-state index in [1.807, 2.05) is 11.8 Å². The molecular weight excluding hydrogens is 300 g/mol. The predicted octanol–water partition coefficient (Wildman–Crippen LogP) is 4.65. The standard InChI is InChI=1S/C20H26N2S/c1-3-13-8-12-9-17-19-15(6-7-22(11-12)20(13)17)16-10-14(23-2)4-5-18(16)21-19/h4-5,10,12-13,17,20-21H,3,6-9,11H2,1-2H3/t12-,13-,17-,20?/m0/s1. The molecule has 3 fully saturated rings. The fourth-order valence-corrected chi connectivity index (χ4v) is 6.24. The zero-order valence-corrected chi connectivity index (χ0v) is 15.0. The van der Waals surface area contributed by atoms with Gasteiger partial charge in [-0.05, 0) is 61.1 Å². The number of H-pyrrole nitrogens is 1. The molecule has 5 atom stereocenters. The number of rotatable bonds is 2. The van der Waals surface area contributed by atoms with Gasteiger partial charge in [0.05, 0.1) is 0 Å². The van der Waals surface area contributed by atoms with Crippen LogP contribution in [0.3, 0.4) is 0 Å². The van der Waals surface area contributed by atoms with Gasteiger partial charge >= 0.3 is 0 Å². The zero-order valence-electron chi connectivity index (χ0n) is 14.1. The normalized spacial score (nSPS) is 35.3. The SMILES string of the molecule is CC[C@H]1C[C@H]2C[C@H]3c4[nH]c5ccc(SC)cc5c4CCN(C2)C13. The second kappa shape index (κ2) is 5.29. The molecule has 4 heterocycles. The fourth-order valence-electron chi connectivity index (χ4n) is 5.80. The number of hydrogen-bond acceptors (Lipinski definition) is 2. The van der Waals surface area contributed by atoms with E-state index in [1.165, 1.54) is 54.6 Å². The summed E-state index contributed by atoms with van der Waals surface area (Å²) in [6.45, 7) is 5.02. The quantitative estimate of drug-likeness (QED) is 0.810. The lowest BCUT2D eigenvalue weighted by molar-refractivity contribution is -0.0134. The van der Waals surface area contributed by atoms with E-state index in [2.05, 4.69) is 41.3 Å². The third-order valence-corrected chi connectivity index (χ3v) is 7.45. The van der Waals surface area contributed by atoms with E-state index in [1.54, 1.807) is 11.3 Å². The van der Waals surface area contributed by atoms with Crippen LogP contribution in [-0.4, -0.2) is 35.3 Å². The van der Waals surface area contributed by atoms with Crippen LogP contribution in [0.2, 0.25) is 0 Å². The van der Waals surface area contributed by atoms with Gasteiger partial charge in [0.15, 0.2) is 0 Å². The maximum atomic E-state index is 3.86.